The maximum absolute atomic E-state index is 12.1. The third kappa shape index (κ3) is 5.62. The summed E-state index contributed by atoms with van der Waals surface area (Å²) in [6, 6.07) is 15.2. The Bertz CT molecular complexity index is 726. The number of rotatable bonds is 7. The van der Waals surface area contributed by atoms with Crippen LogP contribution in [0.1, 0.15) is 16.8 Å². The molecule has 2 aromatic rings. The van der Waals surface area contributed by atoms with Crippen LogP contribution in [-0.4, -0.2) is 57.2 Å². The molecule has 1 N–H and O–H groups in total. The van der Waals surface area contributed by atoms with Gasteiger partial charge in [0.05, 0.1) is 7.11 Å². The molecule has 144 valence electrons. The number of amides is 1. The van der Waals surface area contributed by atoms with Gasteiger partial charge in [-0.05, 0) is 61.5 Å². The van der Waals surface area contributed by atoms with Gasteiger partial charge in [0, 0.05) is 49.0 Å². The van der Waals surface area contributed by atoms with Crippen LogP contribution in [0.15, 0.2) is 48.5 Å². The van der Waals surface area contributed by atoms with Gasteiger partial charge >= 0.3 is 0 Å². The van der Waals surface area contributed by atoms with E-state index < -0.39 is 0 Å². The quantitative estimate of drug-likeness (QED) is 0.740. The predicted octanol–water partition coefficient (Wildman–Crippen LogP) is 3.29. The number of hydrogen-bond acceptors (Lipinski definition) is 4. The number of carbonyl (C=O) groups excluding carboxylic acids is 1. The van der Waals surface area contributed by atoms with Crippen molar-refractivity contribution >= 4 is 23.2 Å². The van der Waals surface area contributed by atoms with Crippen LogP contribution in [-0.2, 0) is 0 Å². The lowest BCUT2D eigenvalue weighted by Crippen LogP contribution is -2.47. The smallest absolute Gasteiger partial charge is 0.251 e. The lowest BCUT2D eigenvalue weighted by molar-refractivity contribution is 0.0951. The van der Waals surface area contributed by atoms with Gasteiger partial charge in [-0.2, -0.15) is 0 Å². The summed E-state index contributed by atoms with van der Waals surface area (Å²) < 4.78 is 5.11. The maximum Gasteiger partial charge on any atom is 0.251 e. The monoisotopic (exact) mass is 387 g/mol. The van der Waals surface area contributed by atoms with E-state index in [2.05, 4.69) is 27.2 Å². The van der Waals surface area contributed by atoms with Gasteiger partial charge in [-0.3, -0.25) is 9.69 Å². The van der Waals surface area contributed by atoms with Crippen LogP contribution in [0.2, 0.25) is 5.02 Å². The van der Waals surface area contributed by atoms with Crippen LogP contribution in [0.3, 0.4) is 0 Å². The molecule has 2 aromatic carbocycles. The number of anilines is 1. The molecule has 0 saturated carbocycles. The molecule has 1 fully saturated rings. The fourth-order valence-corrected chi connectivity index (χ4v) is 3.36. The largest absolute Gasteiger partial charge is 0.497 e. The van der Waals surface area contributed by atoms with Gasteiger partial charge in [0.2, 0.25) is 0 Å². The topological polar surface area (TPSA) is 44.8 Å². The Morgan fingerprint density at radius 1 is 1.04 bits per heavy atom. The van der Waals surface area contributed by atoms with Crippen molar-refractivity contribution in [1.29, 1.82) is 0 Å². The number of methoxy groups -OCH3 is 1. The lowest BCUT2D eigenvalue weighted by atomic mass is 10.2. The summed E-state index contributed by atoms with van der Waals surface area (Å²) in [6.07, 6.45) is 0.947. The van der Waals surface area contributed by atoms with Crippen LogP contribution < -0.4 is 15.0 Å². The van der Waals surface area contributed by atoms with Gasteiger partial charge in [-0.15, -0.1) is 0 Å². The van der Waals surface area contributed by atoms with Crippen LogP contribution in [0.25, 0.3) is 0 Å². The average molecular weight is 388 g/mol. The Morgan fingerprint density at radius 3 is 2.33 bits per heavy atom. The maximum atomic E-state index is 12.1. The molecule has 27 heavy (non-hydrogen) atoms. The summed E-state index contributed by atoms with van der Waals surface area (Å²) in [7, 11) is 1.62. The number of nitrogens with zero attached hydrogens (tertiary/aromatic N) is 2. The Morgan fingerprint density at radius 2 is 1.70 bits per heavy atom. The van der Waals surface area contributed by atoms with Crippen LogP contribution in [0.4, 0.5) is 5.69 Å². The van der Waals surface area contributed by atoms with Crippen LogP contribution in [0, 0.1) is 0 Å². The second kappa shape index (κ2) is 9.62. The first-order chi connectivity index (χ1) is 13.2. The molecule has 1 amide bonds. The minimum Gasteiger partial charge on any atom is -0.497 e. The van der Waals surface area contributed by atoms with Crippen molar-refractivity contribution in [3.8, 4) is 5.75 Å². The highest BCUT2D eigenvalue weighted by Crippen LogP contribution is 2.19. The fourth-order valence-electron chi connectivity index (χ4n) is 3.23. The van der Waals surface area contributed by atoms with E-state index in [1.165, 1.54) is 5.69 Å². The molecule has 0 spiro atoms. The molecule has 1 saturated heterocycles. The number of piperazine rings is 1. The van der Waals surface area contributed by atoms with Crippen molar-refractivity contribution in [2.24, 2.45) is 0 Å². The molecule has 1 aliphatic heterocycles. The number of nitrogens with one attached hydrogen (secondary N) is 1. The average Bonchev–Trinajstić information content (AvgIpc) is 2.72. The number of carbonyl (C=O) groups is 1. The molecule has 0 atom stereocenters. The van der Waals surface area contributed by atoms with E-state index in [0.717, 1.165) is 49.9 Å². The Balaban J connectivity index is 1.34. The summed E-state index contributed by atoms with van der Waals surface area (Å²) in [5.74, 6) is 0.717. The van der Waals surface area contributed by atoms with Crippen molar-refractivity contribution in [2.75, 3.05) is 51.3 Å². The number of hydrogen-bond donors (Lipinski definition) is 1. The zero-order chi connectivity index (χ0) is 19.1. The van der Waals surface area contributed by atoms with Gasteiger partial charge < -0.3 is 15.0 Å². The lowest BCUT2D eigenvalue weighted by Gasteiger charge is -2.36. The van der Waals surface area contributed by atoms with Crippen molar-refractivity contribution in [3.05, 3.63) is 59.1 Å². The molecule has 0 radical (unpaired) electrons. The van der Waals surface area contributed by atoms with E-state index in [-0.39, 0.29) is 5.91 Å². The molecule has 0 bridgehead atoms. The predicted molar refractivity (Wildman–Crippen MR) is 110 cm³/mol. The van der Waals surface area contributed by atoms with E-state index in [4.69, 9.17) is 16.3 Å². The highest BCUT2D eigenvalue weighted by atomic mass is 35.5. The van der Waals surface area contributed by atoms with E-state index >= 15 is 0 Å². The number of benzene rings is 2. The molecule has 0 aromatic heterocycles. The highest BCUT2D eigenvalue weighted by Gasteiger charge is 2.16. The van der Waals surface area contributed by atoms with E-state index in [1.807, 2.05) is 12.1 Å². The molecular formula is C21H26ClN3O2. The molecule has 5 nitrogen and oxygen atoms in total. The van der Waals surface area contributed by atoms with Crippen molar-refractivity contribution in [3.63, 3.8) is 0 Å². The second-order valence-corrected chi connectivity index (χ2v) is 7.08. The highest BCUT2D eigenvalue weighted by molar-refractivity contribution is 6.30. The van der Waals surface area contributed by atoms with Gasteiger partial charge in [0.1, 0.15) is 5.75 Å². The van der Waals surface area contributed by atoms with Gasteiger partial charge in [-0.25, -0.2) is 0 Å². The van der Waals surface area contributed by atoms with Crippen molar-refractivity contribution < 1.29 is 9.53 Å². The van der Waals surface area contributed by atoms with E-state index in [9.17, 15) is 4.79 Å². The zero-order valence-corrected chi connectivity index (χ0v) is 16.4. The summed E-state index contributed by atoms with van der Waals surface area (Å²) in [5, 5.41) is 3.76. The Hall–Kier alpha value is -2.24. The Kier molecular flexibility index (Phi) is 6.96. The van der Waals surface area contributed by atoms with Crippen molar-refractivity contribution in [2.45, 2.75) is 6.42 Å². The normalized spacial score (nSPS) is 14.8. The summed E-state index contributed by atoms with van der Waals surface area (Å²) in [6.45, 7) is 5.78. The minimum absolute atomic E-state index is 0.0368. The Labute approximate surface area is 165 Å². The zero-order valence-electron chi connectivity index (χ0n) is 15.7. The fraction of sp³-hybridized carbons (Fsp3) is 0.381. The molecule has 1 aliphatic rings. The second-order valence-electron chi connectivity index (χ2n) is 6.64. The molecule has 6 heteroatoms. The minimum atomic E-state index is -0.0368. The molecule has 0 aliphatic carbocycles. The third-order valence-corrected chi connectivity index (χ3v) is 5.10. The first-order valence-corrected chi connectivity index (χ1v) is 9.68. The van der Waals surface area contributed by atoms with E-state index in [1.54, 1.807) is 31.4 Å². The standard InChI is InChI=1S/C21H26ClN3O2/c1-27-20-9-3-17(4-10-20)21(26)23-11-2-12-24-13-15-25(16-14-24)19-7-5-18(22)6-8-19/h3-10H,2,11-16H2,1H3,(H,23,26). The summed E-state index contributed by atoms with van der Waals surface area (Å²) in [5.41, 5.74) is 1.89. The molecule has 0 unspecified atom stereocenters. The van der Waals surface area contributed by atoms with Crippen molar-refractivity contribution in [1.82, 2.24) is 10.2 Å². The molecule has 3 rings (SSSR count). The number of ether oxygens (including phenoxy) is 1. The third-order valence-electron chi connectivity index (χ3n) is 4.85. The molecule has 1 heterocycles. The molecular weight excluding hydrogens is 362 g/mol. The first kappa shape index (κ1) is 19.5. The van der Waals surface area contributed by atoms with Gasteiger partial charge in [0.25, 0.3) is 5.91 Å². The first-order valence-electron chi connectivity index (χ1n) is 9.31. The van der Waals surface area contributed by atoms with E-state index in [0.29, 0.717) is 12.1 Å². The van der Waals surface area contributed by atoms with Gasteiger partial charge in [-0.1, -0.05) is 11.6 Å². The summed E-state index contributed by atoms with van der Waals surface area (Å²) >= 11 is 5.96. The van der Waals surface area contributed by atoms with Crippen LogP contribution in [0.5, 0.6) is 5.75 Å². The number of halogens is 1. The van der Waals surface area contributed by atoms with Gasteiger partial charge in [0.15, 0.2) is 0 Å². The van der Waals surface area contributed by atoms with Crippen LogP contribution >= 0.6 is 11.6 Å². The summed E-state index contributed by atoms with van der Waals surface area (Å²) in [4.78, 5) is 17.0. The SMILES string of the molecule is COc1ccc(C(=O)NCCCN2CCN(c3ccc(Cl)cc3)CC2)cc1.